The minimum atomic E-state index is -3.22. The molecule has 1 aliphatic carbocycles. The summed E-state index contributed by atoms with van der Waals surface area (Å²) in [6, 6.07) is 13.0. The van der Waals surface area contributed by atoms with Crippen LogP contribution in [0.25, 0.3) is 10.9 Å². The van der Waals surface area contributed by atoms with Crippen LogP contribution in [0.15, 0.2) is 53.6 Å². The van der Waals surface area contributed by atoms with Crippen LogP contribution in [0, 0.1) is 0 Å². The van der Waals surface area contributed by atoms with Crippen molar-refractivity contribution in [1.82, 2.24) is 4.98 Å². The number of para-hydroxylation sites is 1. The van der Waals surface area contributed by atoms with Gasteiger partial charge in [0.15, 0.2) is 9.84 Å². The van der Waals surface area contributed by atoms with Gasteiger partial charge in [-0.25, -0.2) is 8.42 Å². The molecule has 170 valence electrons. The molecule has 1 aromatic heterocycles. The molecule has 0 aliphatic heterocycles. The third-order valence-electron chi connectivity index (χ3n) is 6.21. The van der Waals surface area contributed by atoms with Crippen molar-refractivity contribution in [3.05, 3.63) is 65.4 Å². The molecule has 0 unspecified atom stereocenters. The maximum atomic E-state index is 12.0. The highest BCUT2D eigenvalue weighted by molar-refractivity contribution is 7.90. The molecule has 7 heteroatoms. The normalized spacial score (nSPS) is 15.8. The number of aromatic amines is 1. The van der Waals surface area contributed by atoms with Crippen LogP contribution in [0.5, 0.6) is 0 Å². The molecule has 0 atom stereocenters. The first kappa shape index (κ1) is 22.6. The maximum absolute atomic E-state index is 12.0. The molecule has 1 fully saturated rings. The second kappa shape index (κ2) is 9.08. The Morgan fingerprint density at radius 3 is 2.47 bits per heavy atom. The summed E-state index contributed by atoms with van der Waals surface area (Å²) in [6.45, 7) is 2.58. The summed E-state index contributed by atoms with van der Waals surface area (Å²) in [4.78, 5) is 15.7. The van der Waals surface area contributed by atoms with Crippen molar-refractivity contribution in [2.24, 2.45) is 0 Å². The van der Waals surface area contributed by atoms with Crippen LogP contribution in [0.4, 0.5) is 0 Å². The van der Waals surface area contributed by atoms with Crippen LogP contribution < -0.4 is 0 Å². The maximum Gasteiger partial charge on any atom is 0.310 e. The van der Waals surface area contributed by atoms with E-state index in [4.69, 9.17) is 9.47 Å². The van der Waals surface area contributed by atoms with Gasteiger partial charge in [0.1, 0.15) is 0 Å². The number of carbonyl (C=O) groups is 1. The van der Waals surface area contributed by atoms with Crippen LogP contribution in [-0.4, -0.2) is 32.2 Å². The van der Waals surface area contributed by atoms with Gasteiger partial charge < -0.3 is 14.5 Å². The van der Waals surface area contributed by atoms with Crippen LogP contribution >= 0.6 is 0 Å². The molecule has 0 spiro atoms. The summed E-state index contributed by atoms with van der Waals surface area (Å²) in [6.07, 6.45) is 7.33. The van der Waals surface area contributed by atoms with Gasteiger partial charge in [-0.3, -0.25) is 4.79 Å². The number of H-pyrrole nitrogens is 1. The number of fused-ring (bicyclic) bond motifs is 1. The Bertz CT molecular complexity index is 1200. The molecule has 0 amide bonds. The fourth-order valence-corrected chi connectivity index (χ4v) is 5.23. The Hall–Kier alpha value is -2.64. The number of ether oxygens (including phenoxy) is 2. The van der Waals surface area contributed by atoms with Crippen molar-refractivity contribution in [3.63, 3.8) is 0 Å². The van der Waals surface area contributed by atoms with Crippen molar-refractivity contribution in [1.29, 1.82) is 0 Å². The highest BCUT2D eigenvalue weighted by Gasteiger charge is 2.38. The molecule has 2 aromatic carbocycles. The lowest BCUT2D eigenvalue weighted by molar-refractivity contribution is -0.142. The number of rotatable bonds is 8. The molecule has 6 nitrogen and oxygen atoms in total. The highest BCUT2D eigenvalue weighted by Crippen LogP contribution is 2.45. The lowest BCUT2D eigenvalue weighted by Crippen LogP contribution is -2.26. The van der Waals surface area contributed by atoms with E-state index in [9.17, 15) is 13.2 Å². The number of hydrogen-bond donors (Lipinski definition) is 1. The molecule has 1 aliphatic rings. The molecule has 1 N–H and O–H groups in total. The van der Waals surface area contributed by atoms with Gasteiger partial charge in [-0.15, -0.1) is 0 Å². The van der Waals surface area contributed by atoms with Crippen molar-refractivity contribution in [3.8, 4) is 0 Å². The Kier molecular flexibility index (Phi) is 6.40. The van der Waals surface area contributed by atoms with Crippen LogP contribution in [-0.2, 0) is 42.7 Å². The van der Waals surface area contributed by atoms with E-state index in [2.05, 4.69) is 11.1 Å². The fraction of sp³-hybridized carbons (Fsp3) is 0.400. The van der Waals surface area contributed by atoms with E-state index in [1.54, 1.807) is 19.1 Å². The van der Waals surface area contributed by atoms with Crippen LogP contribution in [0.3, 0.4) is 0 Å². The Balaban J connectivity index is 1.61. The van der Waals surface area contributed by atoms with Gasteiger partial charge in [-0.05, 0) is 43.0 Å². The lowest BCUT2D eigenvalue weighted by Gasteiger charge is -2.31. The number of aromatic nitrogens is 1. The predicted molar refractivity (Wildman–Crippen MR) is 123 cm³/mol. The Morgan fingerprint density at radius 2 is 1.81 bits per heavy atom. The minimum absolute atomic E-state index is 0.233. The van der Waals surface area contributed by atoms with Gasteiger partial charge in [-0.2, -0.15) is 0 Å². The Morgan fingerprint density at radius 1 is 1.09 bits per heavy atom. The Labute approximate surface area is 188 Å². The SMILES string of the molecule is CCOC(=O)Cc1c[nH]c2c(C3(OCc4ccc(S(C)(=O)=O)cc4)CCCC3)cccc12. The summed E-state index contributed by atoms with van der Waals surface area (Å²) in [7, 11) is -3.22. The van der Waals surface area contributed by atoms with Gasteiger partial charge in [0.05, 0.1) is 35.6 Å². The van der Waals surface area contributed by atoms with Crippen molar-refractivity contribution < 1.29 is 22.7 Å². The zero-order chi connectivity index (χ0) is 22.8. The zero-order valence-electron chi connectivity index (χ0n) is 18.5. The van der Waals surface area contributed by atoms with E-state index in [-0.39, 0.29) is 12.4 Å². The third-order valence-corrected chi connectivity index (χ3v) is 7.34. The standard InChI is InChI=1S/C25H29NO5S/c1-3-30-23(27)15-19-16-26-24-21(19)7-6-8-22(24)25(13-4-5-14-25)31-17-18-9-11-20(12-10-18)32(2,28)29/h6-12,16,26H,3-5,13-15,17H2,1-2H3. The lowest BCUT2D eigenvalue weighted by atomic mass is 9.89. The van der Waals surface area contributed by atoms with E-state index in [0.717, 1.165) is 53.3 Å². The quantitative estimate of drug-likeness (QED) is 0.499. The number of sulfone groups is 1. The third kappa shape index (κ3) is 4.59. The highest BCUT2D eigenvalue weighted by atomic mass is 32.2. The average Bonchev–Trinajstić information content (AvgIpc) is 3.40. The molecule has 1 heterocycles. The first-order valence-corrected chi connectivity index (χ1v) is 12.9. The van der Waals surface area contributed by atoms with Gasteiger partial charge >= 0.3 is 5.97 Å². The summed E-state index contributed by atoms with van der Waals surface area (Å²) in [5.41, 5.74) is 3.55. The fourth-order valence-electron chi connectivity index (χ4n) is 4.60. The van der Waals surface area contributed by atoms with Crippen molar-refractivity contribution >= 4 is 26.7 Å². The average molecular weight is 456 g/mol. The molecule has 0 bridgehead atoms. The number of hydrogen-bond acceptors (Lipinski definition) is 5. The van der Waals surface area contributed by atoms with Gasteiger partial charge in [0.25, 0.3) is 0 Å². The largest absolute Gasteiger partial charge is 0.466 e. The second-order valence-electron chi connectivity index (χ2n) is 8.43. The van der Waals surface area contributed by atoms with E-state index in [1.165, 1.54) is 6.26 Å². The molecule has 0 saturated heterocycles. The number of benzene rings is 2. The van der Waals surface area contributed by atoms with Gasteiger partial charge in [0.2, 0.25) is 0 Å². The molecule has 1 saturated carbocycles. The summed E-state index contributed by atoms with van der Waals surface area (Å²) < 4.78 is 35.1. The van der Waals surface area contributed by atoms with E-state index >= 15 is 0 Å². The van der Waals surface area contributed by atoms with E-state index in [0.29, 0.717) is 18.1 Å². The topological polar surface area (TPSA) is 85.5 Å². The van der Waals surface area contributed by atoms with Crippen molar-refractivity contribution in [2.75, 3.05) is 12.9 Å². The monoisotopic (exact) mass is 455 g/mol. The minimum Gasteiger partial charge on any atom is -0.466 e. The van der Waals surface area contributed by atoms with Crippen LogP contribution in [0.1, 0.15) is 49.3 Å². The van der Waals surface area contributed by atoms with Crippen molar-refractivity contribution in [2.45, 2.75) is 56.1 Å². The number of esters is 1. The summed E-state index contributed by atoms with van der Waals surface area (Å²) in [5, 5.41) is 1.02. The second-order valence-corrected chi connectivity index (χ2v) is 10.4. The van der Waals surface area contributed by atoms with E-state index < -0.39 is 15.4 Å². The molecule has 3 aromatic rings. The predicted octanol–water partition coefficient (Wildman–Crippen LogP) is 4.66. The summed E-state index contributed by atoms with van der Waals surface area (Å²) >= 11 is 0. The van der Waals surface area contributed by atoms with Gasteiger partial charge in [-0.1, -0.05) is 43.2 Å². The zero-order valence-corrected chi connectivity index (χ0v) is 19.3. The number of carbonyl (C=O) groups excluding carboxylic acids is 1. The summed E-state index contributed by atoms with van der Waals surface area (Å²) in [5.74, 6) is -0.233. The molecular formula is C25H29NO5S. The molecule has 4 rings (SSSR count). The van der Waals surface area contributed by atoms with Gasteiger partial charge in [0, 0.05) is 23.4 Å². The molecular weight excluding hydrogens is 426 g/mol. The van der Waals surface area contributed by atoms with E-state index in [1.807, 2.05) is 30.5 Å². The smallest absolute Gasteiger partial charge is 0.310 e. The van der Waals surface area contributed by atoms with Crippen LogP contribution in [0.2, 0.25) is 0 Å². The first-order chi connectivity index (χ1) is 15.3. The molecule has 0 radical (unpaired) electrons. The molecule has 32 heavy (non-hydrogen) atoms. The first-order valence-electron chi connectivity index (χ1n) is 11.0. The number of nitrogens with one attached hydrogen (secondary N) is 1.